The zero-order valence-corrected chi connectivity index (χ0v) is 31.6. The van der Waals surface area contributed by atoms with Crippen LogP contribution >= 0.6 is 0 Å². The maximum Gasteiger partial charge on any atom is 2.00 e. The Labute approximate surface area is 322 Å². The average molecular weight is 772 g/mol. The van der Waals surface area contributed by atoms with Crippen molar-refractivity contribution < 1.29 is 19.5 Å². The summed E-state index contributed by atoms with van der Waals surface area (Å²) in [4.78, 5) is 21.5. The van der Waals surface area contributed by atoms with E-state index in [4.69, 9.17) is 19.9 Å². The van der Waals surface area contributed by atoms with Crippen molar-refractivity contribution in [2.75, 3.05) is 0 Å². The molecule has 9 rings (SSSR count). The fourth-order valence-corrected chi connectivity index (χ4v) is 7.15. The summed E-state index contributed by atoms with van der Waals surface area (Å²) in [5.41, 5.74) is 19.9. The third-order valence-corrected chi connectivity index (χ3v) is 9.97. The van der Waals surface area contributed by atoms with Gasteiger partial charge in [-0.3, -0.25) is 0 Å². The summed E-state index contributed by atoms with van der Waals surface area (Å²) in [6, 6.07) is 43.0. The molecule has 0 N–H and O–H groups in total. The van der Waals surface area contributed by atoms with E-state index in [-0.39, 0.29) is 19.5 Å². The number of hydrogen-bond donors (Lipinski definition) is 0. The molecule has 53 heavy (non-hydrogen) atoms. The second-order valence-electron chi connectivity index (χ2n) is 13.8. The second kappa shape index (κ2) is 13.9. The molecule has 2 aliphatic rings. The van der Waals surface area contributed by atoms with Crippen LogP contribution in [-0.4, -0.2) is 9.97 Å². The Kier molecular flexibility index (Phi) is 8.98. The van der Waals surface area contributed by atoms with Gasteiger partial charge in [0.15, 0.2) is 0 Å². The molecule has 4 nitrogen and oxygen atoms in total. The number of rotatable bonds is 4. The van der Waals surface area contributed by atoms with Crippen LogP contribution in [0.4, 0.5) is 0 Å². The Morgan fingerprint density at radius 3 is 0.717 bits per heavy atom. The van der Waals surface area contributed by atoms with Gasteiger partial charge in [-0.2, -0.15) is 0 Å². The van der Waals surface area contributed by atoms with Crippen LogP contribution in [-0.2, 0) is 19.5 Å². The molecule has 7 aromatic rings. The predicted octanol–water partition coefficient (Wildman–Crippen LogP) is 11.8. The van der Waals surface area contributed by atoms with Crippen molar-refractivity contribution in [1.82, 2.24) is 19.9 Å². The van der Waals surface area contributed by atoms with Crippen molar-refractivity contribution in [3.63, 3.8) is 0 Å². The average Bonchev–Trinajstić information content (AvgIpc) is 3.99. The van der Waals surface area contributed by atoms with Crippen LogP contribution in [0.2, 0.25) is 0 Å². The van der Waals surface area contributed by atoms with Gasteiger partial charge in [0, 0.05) is 0 Å². The molecule has 0 amide bonds. The third kappa shape index (κ3) is 6.43. The van der Waals surface area contributed by atoms with Crippen molar-refractivity contribution in [2.45, 2.75) is 27.7 Å². The Bertz CT molecular complexity index is 2350. The SMILES string of the molecule is Cc1ccc(-c2c3nc(c(-c4ccc(C)cc4)c4ccc([n-]4)c(-c4ccc(C)cc4)c4nc(c(-c5ccc(C)cc5)c5ccc2[n-]5)C=C4)C=C3)cc1.[Rh+2]. The Morgan fingerprint density at radius 2 is 0.509 bits per heavy atom. The maximum atomic E-state index is 5.37. The molecule has 257 valence electrons. The minimum absolute atomic E-state index is 0. The first kappa shape index (κ1) is 34.2. The molecule has 0 saturated heterocycles. The topological polar surface area (TPSA) is 54.0 Å². The van der Waals surface area contributed by atoms with Gasteiger partial charge in [0.25, 0.3) is 0 Å². The van der Waals surface area contributed by atoms with E-state index in [0.717, 1.165) is 89.4 Å². The molecule has 5 heteroatoms. The normalized spacial score (nSPS) is 11.8. The molecular formula is C48H36N4Rh. The standard InChI is InChI=1S/C48H36N4.Rh/c1-29-5-13-33(14-6-29)45-37-21-23-39(49-37)46(34-15-7-30(2)8-16-34)41-25-27-43(51-41)48(36-19-11-32(4)12-20-36)44-28-26-42(52-44)47(40-24-22-38(45)50-40)35-17-9-31(3)10-18-35;/h5-28H,1-4H3;/q-2;+2. The summed E-state index contributed by atoms with van der Waals surface area (Å²) in [7, 11) is 0. The van der Waals surface area contributed by atoms with Crippen molar-refractivity contribution >= 4 is 46.4 Å². The molecule has 4 aromatic carbocycles. The molecule has 5 heterocycles. The van der Waals surface area contributed by atoms with Crippen molar-refractivity contribution in [1.29, 1.82) is 0 Å². The number of nitrogens with zero attached hydrogens (tertiary/aromatic N) is 4. The largest absolute Gasteiger partial charge is 2.00 e. The van der Waals surface area contributed by atoms with Crippen LogP contribution in [0.5, 0.6) is 0 Å². The number of aryl methyl sites for hydroxylation is 4. The first-order valence-electron chi connectivity index (χ1n) is 17.7. The quantitative estimate of drug-likeness (QED) is 0.167. The van der Waals surface area contributed by atoms with Gasteiger partial charge in [-0.15, -0.1) is 22.1 Å². The van der Waals surface area contributed by atoms with Gasteiger partial charge in [-0.05, 0) is 96.5 Å². The molecule has 0 unspecified atom stereocenters. The monoisotopic (exact) mass is 771 g/mol. The van der Waals surface area contributed by atoms with Crippen molar-refractivity contribution in [3.05, 3.63) is 166 Å². The zero-order chi connectivity index (χ0) is 35.3. The Morgan fingerprint density at radius 1 is 0.302 bits per heavy atom. The van der Waals surface area contributed by atoms with Crippen LogP contribution in [0.25, 0.3) is 90.9 Å². The summed E-state index contributed by atoms with van der Waals surface area (Å²) in [5, 5.41) is 0. The van der Waals surface area contributed by atoms with Gasteiger partial charge in [0.1, 0.15) is 0 Å². The van der Waals surface area contributed by atoms with E-state index in [2.05, 4.69) is 173 Å². The maximum absolute atomic E-state index is 5.37. The van der Waals surface area contributed by atoms with E-state index in [9.17, 15) is 0 Å². The van der Waals surface area contributed by atoms with Crippen LogP contribution < -0.4 is 9.97 Å². The van der Waals surface area contributed by atoms with E-state index in [1.807, 2.05) is 0 Å². The summed E-state index contributed by atoms with van der Waals surface area (Å²) in [6.07, 6.45) is 8.48. The van der Waals surface area contributed by atoms with Gasteiger partial charge in [0.2, 0.25) is 0 Å². The molecule has 2 aliphatic heterocycles. The summed E-state index contributed by atoms with van der Waals surface area (Å²) in [6.45, 7) is 8.45. The van der Waals surface area contributed by atoms with Crippen molar-refractivity contribution in [3.8, 4) is 44.5 Å². The number of benzene rings is 4. The number of hydrogen-bond acceptors (Lipinski definition) is 2. The first-order chi connectivity index (χ1) is 25.4. The second-order valence-corrected chi connectivity index (χ2v) is 13.8. The molecular weight excluding hydrogens is 735 g/mol. The van der Waals surface area contributed by atoms with Gasteiger partial charge in [0.05, 0.1) is 22.8 Å². The Balaban J connectivity index is 0.00000400. The molecule has 3 aromatic heterocycles. The van der Waals surface area contributed by atoms with Crippen molar-refractivity contribution in [2.24, 2.45) is 0 Å². The third-order valence-electron chi connectivity index (χ3n) is 9.97. The molecule has 8 bridgehead atoms. The fraction of sp³-hybridized carbons (Fsp3) is 0.0833. The predicted molar refractivity (Wildman–Crippen MR) is 217 cm³/mol. The van der Waals surface area contributed by atoms with Crippen LogP contribution in [0.15, 0.2) is 121 Å². The summed E-state index contributed by atoms with van der Waals surface area (Å²) in [5.74, 6) is 0. The molecule has 0 spiro atoms. The van der Waals surface area contributed by atoms with Gasteiger partial charge < -0.3 is 9.97 Å². The van der Waals surface area contributed by atoms with E-state index in [1.165, 1.54) is 22.3 Å². The summed E-state index contributed by atoms with van der Waals surface area (Å²) < 4.78 is 0. The number of aromatic nitrogens is 4. The first-order valence-corrected chi connectivity index (χ1v) is 17.7. The van der Waals surface area contributed by atoms with E-state index in [0.29, 0.717) is 0 Å². The van der Waals surface area contributed by atoms with E-state index < -0.39 is 0 Å². The minimum atomic E-state index is 0. The van der Waals surface area contributed by atoms with Gasteiger partial charge >= 0.3 is 19.5 Å². The molecule has 0 atom stereocenters. The molecule has 0 aliphatic carbocycles. The molecule has 1 radical (unpaired) electrons. The smallest absolute Gasteiger partial charge is 0.657 e. The summed E-state index contributed by atoms with van der Waals surface area (Å²) >= 11 is 0. The Hall–Kier alpha value is -5.90. The fourth-order valence-electron chi connectivity index (χ4n) is 7.15. The number of fused-ring (bicyclic) bond motifs is 8. The minimum Gasteiger partial charge on any atom is -0.657 e. The van der Waals surface area contributed by atoms with Gasteiger partial charge in [-0.25, -0.2) is 9.97 Å². The van der Waals surface area contributed by atoms with E-state index in [1.54, 1.807) is 0 Å². The van der Waals surface area contributed by atoms with Crippen LogP contribution in [0, 0.1) is 27.7 Å². The van der Waals surface area contributed by atoms with E-state index >= 15 is 0 Å². The zero-order valence-electron chi connectivity index (χ0n) is 30.0. The molecule has 0 saturated carbocycles. The van der Waals surface area contributed by atoms with Crippen LogP contribution in [0.1, 0.15) is 45.0 Å². The van der Waals surface area contributed by atoms with Crippen LogP contribution in [0.3, 0.4) is 0 Å². The molecule has 0 fully saturated rings. The van der Waals surface area contributed by atoms with Gasteiger partial charge in [-0.1, -0.05) is 144 Å².